The van der Waals surface area contributed by atoms with Gasteiger partial charge in [-0.05, 0) is 57.5 Å². The SMILES string of the molecule is NCCCCC(=O)NCC(c1ccco1)N1CCCC1. The van der Waals surface area contributed by atoms with Crippen molar-refractivity contribution in [2.45, 2.75) is 38.1 Å². The molecule has 0 spiro atoms. The summed E-state index contributed by atoms with van der Waals surface area (Å²) in [6.45, 7) is 3.42. The van der Waals surface area contributed by atoms with E-state index in [-0.39, 0.29) is 11.9 Å². The lowest BCUT2D eigenvalue weighted by Crippen LogP contribution is -2.36. The van der Waals surface area contributed by atoms with Crippen LogP contribution in [0.3, 0.4) is 0 Å². The first-order valence-corrected chi connectivity index (χ1v) is 7.55. The number of hydrogen-bond acceptors (Lipinski definition) is 4. The highest BCUT2D eigenvalue weighted by atomic mass is 16.3. The molecule has 1 amide bonds. The molecule has 2 rings (SSSR count). The Morgan fingerprint density at radius 1 is 1.40 bits per heavy atom. The molecule has 0 aliphatic carbocycles. The number of likely N-dealkylation sites (tertiary alicyclic amines) is 1. The number of nitrogens with zero attached hydrogens (tertiary/aromatic N) is 1. The van der Waals surface area contributed by atoms with Gasteiger partial charge in [0.05, 0.1) is 12.3 Å². The number of carbonyl (C=O) groups is 1. The summed E-state index contributed by atoms with van der Waals surface area (Å²) < 4.78 is 5.53. The number of carbonyl (C=O) groups excluding carboxylic acids is 1. The van der Waals surface area contributed by atoms with Crippen molar-refractivity contribution in [1.29, 1.82) is 0 Å². The van der Waals surface area contributed by atoms with Crippen molar-refractivity contribution in [2.24, 2.45) is 5.73 Å². The Labute approximate surface area is 120 Å². The molecule has 5 heteroatoms. The minimum Gasteiger partial charge on any atom is -0.468 e. The second-order valence-corrected chi connectivity index (χ2v) is 5.32. The van der Waals surface area contributed by atoms with Crippen LogP contribution in [0.1, 0.15) is 43.9 Å². The zero-order chi connectivity index (χ0) is 14.2. The predicted octanol–water partition coefficient (Wildman–Crippen LogP) is 1.66. The maximum Gasteiger partial charge on any atom is 0.220 e. The Hall–Kier alpha value is -1.33. The molecule has 1 aliphatic heterocycles. The van der Waals surface area contributed by atoms with Crippen molar-refractivity contribution in [3.8, 4) is 0 Å². The molecule has 3 N–H and O–H groups in total. The van der Waals surface area contributed by atoms with Crippen LogP contribution in [0.15, 0.2) is 22.8 Å². The van der Waals surface area contributed by atoms with Gasteiger partial charge in [0, 0.05) is 13.0 Å². The molecule has 1 aliphatic rings. The van der Waals surface area contributed by atoms with Gasteiger partial charge in [0.2, 0.25) is 5.91 Å². The van der Waals surface area contributed by atoms with E-state index in [1.807, 2.05) is 12.1 Å². The second-order valence-electron chi connectivity index (χ2n) is 5.32. The fraction of sp³-hybridized carbons (Fsp3) is 0.667. The molecular formula is C15H25N3O2. The van der Waals surface area contributed by atoms with Gasteiger partial charge in [-0.3, -0.25) is 9.69 Å². The third kappa shape index (κ3) is 4.35. The van der Waals surface area contributed by atoms with Gasteiger partial charge >= 0.3 is 0 Å². The molecule has 1 saturated heterocycles. The fourth-order valence-corrected chi connectivity index (χ4v) is 2.67. The minimum atomic E-state index is 0.106. The summed E-state index contributed by atoms with van der Waals surface area (Å²) in [7, 11) is 0. The molecule has 1 aromatic heterocycles. The standard InChI is InChI=1S/C15H25N3O2/c16-8-2-1-7-15(19)17-12-13(14-6-5-11-20-14)18-9-3-4-10-18/h5-6,11,13H,1-4,7-10,12,16H2,(H,17,19). The second kappa shape index (κ2) is 8.07. The van der Waals surface area contributed by atoms with Gasteiger partial charge in [-0.1, -0.05) is 0 Å². The van der Waals surface area contributed by atoms with E-state index >= 15 is 0 Å². The molecule has 1 unspecified atom stereocenters. The molecule has 0 saturated carbocycles. The van der Waals surface area contributed by atoms with E-state index in [0.29, 0.717) is 19.5 Å². The number of amides is 1. The van der Waals surface area contributed by atoms with Crippen LogP contribution in [-0.4, -0.2) is 37.0 Å². The Balaban J connectivity index is 1.83. The molecule has 20 heavy (non-hydrogen) atoms. The normalized spacial score (nSPS) is 17.2. The van der Waals surface area contributed by atoms with Gasteiger partial charge < -0.3 is 15.5 Å². The lowest BCUT2D eigenvalue weighted by Gasteiger charge is -2.26. The van der Waals surface area contributed by atoms with Crippen molar-refractivity contribution in [3.63, 3.8) is 0 Å². The molecule has 1 atom stereocenters. The summed E-state index contributed by atoms with van der Waals surface area (Å²) >= 11 is 0. The van der Waals surface area contributed by atoms with Gasteiger partial charge in [0.1, 0.15) is 5.76 Å². The van der Waals surface area contributed by atoms with E-state index in [4.69, 9.17) is 10.2 Å². The maximum atomic E-state index is 11.8. The van der Waals surface area contributed by atoms with E-state index in [2.05, 4.69) is 10.2 Å². The zero-order valence-electron chi connectivity index (χ0n) is 12.0. The van der Waals surface area contributed by atoms with Crippen molar-refractivity contribution >= 4 is 5.91 Å². The maximum absolute atomic E-state index is 11.8. The third-order valence-electron chi connectivity index (χ3n) is 3.80. The number of rotatable bonds is 8. The fourth-order valence-electron chi connectivity index (χ4n) is 2.67. The summed E-state index contributed by atoms with van der Waals surface area (Å²) in [5, 5.41) is 3.03. The predicted molar refractivity (Wildman–Crippen MR) is 78.2 cm³/mol. The number of unbranched alkanes of at least 4 members (excludes halogenated alkanes) is 1. The first-order chi connectivity index (χ1) is 9.81. The van der Waals surface area contributed by atoms with Crippen molar-refractivity contribution in [2.75, 3.05) is 26.2 Å². The lowest BCUT2D eigenvalue weighted by atomic mass is 10.2. The van der Waals surface area contributed by atoms with E-state index in [9.17, 15) is 4.79 Å². The lowest BCUT2D eigenvalue weighted by molar-refractivity contribution is -0.121. The minimum absolute atomic E-state index is 0.106. The first-order valence-electron chi connectivity index (χ1n) is 7.55. The Morgan fingerprint density at radius 3 is 2.85 bits per heavy atom. The molecule has 2 heterocycles. The van der Waals surface area contributed by atoms with Gasteiger partial charge in [-0.2, -0.15) is 0 Å². The van der Waals surface area contributed by atoms with Crippen LogP contribution >= 0.6 is 0 Å². The quantitative estimate of drug-likeness (QED) is 0.710. The highest BCUT2D eigenvalue weighted by Gasteiger charge is 2.25. The average Bonchev–Trinajstić information content (AvgIpc) is 3.12. The molecule has 112 valence electrons. The smallest absolute Gasteiger partial charge is 0.220 e. The molecule has 0 aromatic carbocycles. The number of nitrogens with two attached hydrogens (primary N) is 1. The molecule has 1 fully saturated rings. The van der Waals surface area contributed by atoms with Crippen molar-refractivity contribution < 1.29 is 9.21 Å². The largest absolute Gasteiger partial charge is 0.468 e. The average molecular weight is 279 g/mol. The highest BCUT2D eigenvalue weighted by molar-refractivity contribution is 5.75. The van der Waals surface area contributed by atoms with Crippen LogP contribution in [0.2, 0.25) is 0 Å². The van der Waals surface area contributed by atoms with Gasteiger partial charge in [-0.25, -0.2) is 0 Å². The van der Waals surface area contributed by atoms with Crippen LogP contribution in [-0.2, 0) is 4.79 Å². The zero-order valence-corrected chi connectivity index (χ0v) is 12.0. The Bertz CT molecular complexity index is 386. The Kier molecular flexibility index (Phi) is 6.08. The molecule has 5 nitrogen and oxygen atoms in total. The summed E-state index contributed by atoms with van der Waals surface area (Å²) in [6.07, 6.45) is 6.46. The molecule has 0 radical (unpaired) electrons. The summed E-state index contributed by atoms with van der Waals surface area (Å²) in [4.78, 5) is 14.2. The van der Waals surface area contributed by atoms with Gasteiger partial charge in [0.25, 0.3) is 0 Å². The van der Waals surface area contributed by atoms with Crippen LogP contribution in [0.25, 0.3) is 0 Å². The van der Waals surface area contributed by atoms with Crippen LogP contribution < -0.4 is 11.1 Å². The van der Waals surface area contributed by atoms with Crippen molar-refractivity contribution in [1.82, 2.24) is 10.2 Å². The number of nitrogens with one attached hydrogen (secondary N) is 1. The molecule has 1 aromatic rings. The van der Waals surface area contributed by atoms with Crippen LogP contribution in [0, 0.1) is 0 Å². The number of hydrogen-bond donors (Lipinski definition) is 2. The van der Waals surface area contributed by atoms with Gasteiger partial charge in [-0.15, -0.1) is 0 Å². The third-order valence-corrected chi connectivity index (χ3v) is 3.80. The van der Waals surface area contributed by atoms with E-state index in [0.717, 1.165) is 31.7 Å². The Morgan fingerprint density at radius 2 is 2.20 bits per heavy atom. The monoisotopic (exact) mass is 279 g/mol. The van der Waals surface area contributed by atoms with E-state index in [1.165, 1.54) is 12.8 Å². The summed E-state index contributed by atoms with van der Waals surface area (Å²) in [6, 6.07) is 4.05. The topological polar surface area (TPSA) is 71.5 Å². The summed E-state index contributed by atoms with van der Waals surface area (Å²) in [5.74, 6) is 1.04. The van der Waals surface area contributed by atoms with E-state index < -0.39 is 0 Å². The first kappa shape index (κ1) is 15.1. The molecule has 0 bridgehead atoms. The highest BCUT2D eigenvalue weighted by Crippen LogP contribution is 2.24. The van der Waals surface area contributed by atoms with Gasteiger partial charge in [0.15, 0.2) is 0 Å². The van der Waals surface area contributed by atoms with Crippen LogP contribution in [0.4, 0.5) is 0 Å². The van der Waals surface area contributed by atoms with E-state index in [1.54, 1.807) is 6.26 Å². The molecular weight excluding hydrogens is 254 g/mol. The summed E-state index contributed by atoms with van der Waals surface area (Å²) in [5.41, 5.74) is 5.43. The number of furan rings is 1. The van der Waals surface area contributed by atoms with Crippen LogP contribution in [0.5, 0.6) is 0 Å². The van der Waals surface area contributed by atoms with Crippen molar-refractivity contribution in [3.05, 3.63) is 24.2 Å².